The molecule has 6 heteroatoms. The summed E-state index contributed by atoms with van der Waals surface area (Å²) in [6, 6.07) is 2.16. The largest absolute Gasteiger partial charge is 0.397 e. The molecule has 0 radical (unpaired) electrons. The molecule has 2 heterocycles. The summed E-state index contributed by atoms with van der Waals surface area (Å²) in [6.07, 6.45) is 4.88. The van der Waals surface area contributed by atoms with Gasteiger partial charge in [-0.3, -0.25) is 4.79 Å². The van der Waals surface area contributed by atoms with E-state index < -0.39 is 5.60 Å². The van der Waals surface area contributed by atoms with Crippen molar-refractivity contribution >= 4 is 11.6 Å². The number of amides is 1. The Labute approximate surface area is 118 Å². The van der Waals surface area contributed by atoms with Crippen molar-refractivity contribution in [3.63, 3.8) is 0 Å². The van der Waals surface area contributed by atoms with Crippen LogP contribution in [0.1, 0.15) is 35.8 Å². The zero-order valence-corrected chi connectivity index (χ0v) is 11.7. The lowest BCUT2D eigenvalue weighted by Gasteiger charge is -2.25. The van der Waals surface area contributed by atoms with Gasteiger partial charge in [-0.2, -0.15) is 0 Å². The molecule has 1 aromatic heterocycles. The number of hydrogen-bond acceptors (Lipinski definition) is 4. The molecule has 3 rings (SSSR count). The number of carbonyl (C=O) groups excluding carboxylic acids is 1. The smallest absolute Gasteiger partial charge is 0.268 e. The van der Waals surface area contributed by atoms with Crippen molar-refractivity contribution in [2.24, 2.45) is 0 Å². The van der Waals surface area contributed by atoms with Crippen LogP contribution in [0.3, 0.4) is 0 Å². The van der Waals surface area contributed by atoms with Crippen LogP contribution in [-0.4, -0.2) is 42.9 Å². The lowest BCUT2D eigenvalue weighted by Crippen LogP contribution is -2.45. The quantitative estimate of drug-likeness (QED) is 0.841. The van der Waals surface area contributed by atoms with E-state index in [1.165, 1.54) is 0 Å². The summed E-state index contributed by atoms with van der Waals surface area (Å²) < 4.78 is 12.9. The number of nitrogens with two attached hydrogens (primary N) is 1. The molecule has 1 atom stereocenters. The van der Waals surface area contributed by atoms with Crippen molar-refractivity contribution in [1.82, 2.24) is 9.88 Å². The van der Waals surface area contributed by atoms with Crippen molar-refractivity contribution in [1.29, 1.82) is 0 Å². The molecule has 1 aliphatic carbocycles. The van der Waals surface area contributed by atoms with E-state index in [1.807, 2.05) is 10.8 Å². The first-order valence-corrected chi connectivity index (χ1v) is 7.02. The number of aromatic nitrogens is 1. The van der Waals surface area contributed by atoms with Crippen molar-refractivity contribution in [2.45, 2.75) is 30.9 Å². The molecule has 1 saturated heterocycles. The number of methoxy groups -OCH3 is 1. The summed E-state index contributed by atoms with van der Waals surface area (Å²) in [5.74, 6) is -0.100. The minimum Gasteiger partial charge on any atom is -0.397 e. The second-order valence-corrected chi connectivity index (χ2v) is 5.67. The van der Waals surface area contributed by atoms with Gasteiger partial charge in [-0.25, -0.2) is 0 Å². The van der Waals surface area contributed by atoms with E-state index in [0.29, 0.717) is 37.2 Å². The number of nitrogen functional groups attached to an aromatic ring is 1. The van der Waals surface area contributed by atoms with Crippen LogP contribution in [-0.2, 0) is 9.47 Å². The topological polar surface area (TPSA) is 78.5 Å². The summed E-state index contributed by atoms with van der Waals surface area (Å²) in [5, 5.41) is 2.95. The number of hydrogen-bond donors (Lipinski definition) is 2. The van der Waals surface area contributed by atoms with Crippen LogP contribution in [0.15, 0.2) is 12.3 Å². The summed E-state index contributed by atoms with van der Waals surface area (Å²) in [4.78, 5) is 12.3. The highest BCUT2D eigenvalue weighted by atomic mass is 16.5. The van der Waals surface area contributed by atoms with Crippen molar-refractivity contribution in [2.75, 3.05) is 32.6 Å². The van der Waals surface area contributed by atoms with Gasteiger partial charge in [0.1, 0.15) is 11.3 Å². The monoisotopic (exact) mass is 279 g/mol. The molecule has 2 fully saturated rings. The van der Waals surface area contributed by atoms with Gasteiger partial charge in [0.05, 0.1) is 12.3 Å². The molecule has 3 N–H and O–H groups in total. The molecular weight excluding hydrogens is 258 g/mol. The second kappa shape index (κ2) is 5.10. The molecule has 1 saturated carbocycles. The Hall–Kier alpha value is -1.53. The highest BCUT2D eigenvalue weighted by molar-refractivity contribution is 5.94. The van der Waals surface area contributed by atoms with E-state index in [4.69, 9.17) is 15.2 Å². The molecule has 1 aliphatic heterocycles. The van der Waals surface area contributed by atoms with Crippen molar-refractivity contribution in [3.8, 4) is 0 Å². The number of nitrogens with zero attached hydrogens (tertiary/aromatic N) is 1. The molecule has 0 bridgehead atoms. The minimum absolute atomic E-state index is 0.100. The number of carbonyl (C=O) groups is 1. The fourth-order valence-electron chi connectivity index (χ4n) is 2.63. The Kier molecular flexibility index (Phi) is 3.43. The van der Waals surface area contributed by atoms with E-state index in [2.05, 4.69) is 5.32 Å². The Morgan fingerprint density at radius 1 is 1.65 bits per heavy atom. The average molecular weight is 279 g/mol. The molecule has 110 valence electrons. The van der Waals surface area contributed by atoms with E-state index in [9.17, 15) is 4.79 Å². The Morgan fingerprint density at radius 2 is 2.45 bits per heavy atom. The first kappa shape index (κ1) is 13.5. The van der Waals surface area contributed by atoms with Crippen LogP contribution in [0.5, 0.6) is 0 Å². The molecule has 0 aromatic carbocycles. The van der Waals surface area contributed by atoms with Gasteiger partial charge in [-0.1, -0.05) is 0 Å². The molecular formula is C14H21N3O3. The highest BCUT2D eigenvalue weighted by Crippen LogP contribution is 2.37. The van der Waals surface area contributed by atoms with Gasteiger partial charge in [-0.15, -0.1) is 0 Å². The maximum atomic E-state index is 12.3. The normalized spacial score (nSPS) is 25.9. The van der Waals surface area contributed by atoms with E-state index >= 15 is 0 Å². The van der Waals surface area contributed by atoms with Gasteiger partial charge in [0.2, 0.25) is 0 Å². The number of nitrogens with one attached hydrogen (secondary N) is 1. The molecule has 1 aromatic rings. The molecule has 1 amide bonds. The van der Waals surface area contributed by atoms with E-state index in [1.54, 1.807) is 13.2 Å². The lowest BCUT2D eigenvalue weighted by molar-refractivity contribution is -0.0149. The SMILES string of the molecule is COC1(CNC(=O)c2cc(N)cn2C2CC2)CCOC1. The van der Waals surface area contributed by atoms with E-state index in [0.717, 1.165) is 19.3 Å². The van der Waals surface area contributed by atoms with Crippen LogP contribution >= 0.6 is 0 Å². The van der Waals surface area contributed by atoms with Gasteiger partial charge in [0.15, 0.2) is 0 Å². The third kappa shape index (κ3) is 2.53. The Bertz CT molecular complexity index is 502. The Morgan fingerprint density at radius 3 is 3.05 bits per heavy atom. The van der Waals surface area contributed by atoms with Gasteiger partial charge in [0.25, 0.3) is 5.91 Å². The predicted octanol–water partition coefficient (Wildman–Crippen LogP) is 0.940. The van der Waals surface area contributed by atoms with Crippen LogP contribution < -0.4 is 11.1 Å². The van der Waals surface area contributed by atoms with Gasteiger partial charge >= 0.3 is 0 Å². The van der Waals surface area contributed by atoms with Crippen LogP contribution in [0.4, 0.5) is 5.69 Å². The Balaban J connectivity index is 1.67. The molecule has 20 heavy (non-hydrogen) atoms. The molecule has 0 spiro atoms. The van der Waals surface area contributed by atoms with E-state index in [-0.39, 0.29) is 5.91 Å². The lowest BCUT2D eigenvalue weighted by atomic mass is 10.0. The van der Waals surface area contributed by atoms with Crippen LogP contribution in [0.2, 0.25) is 0 Å². The summed E-state index contributed by atoms with van der Waals surface area (Å²) in [7, 11) is 1.66. The zero-order chi connectivity index (χ0) is 14.2. The predicted molar refractivity (Wildman–Crippen MR) is 74.6 cm³/mol. The van der Waals surface area contributed by atoms with Gasteiger partial charge in [0, 0.05) is 38.9 Å². The van der Waals surface area contributed by atoms with Gasteiger partial charge < -0.3 is 25.1 Å². The van der Waals surface area contributed by atoms with Gasteiger partial charge in [-0.05, 0) is 18.9 Å². The summed E-state index contributed by atoms with van der Waals surface area (Å²) in [5.41, 5.74) is 6.68. The molecule has 2 aliphatic rings. The number of anilines is 1. The fourth-order valence-corrected chi connectivity index (χ4v) is 2.63. The van der Waals surface area contributed by atoms with Crippen LogP contribution in [0, 0.1) is 0 Å². The zero-order valence-electron chi connectivity index (χ0n) is 11.7. The number of rotatable bonds is 5. The highest BCUT2D eigenvalue weighted by Gasteiger charge is 2.36. The maximum absolute atomic E-state index is 12.3. The summed E-state index contributed by atoms with van der Waals surface area (Å²) in [6.45, 7) is 1.66. The fraction of sp³-hybridized carbons (Fsp3) is 0.643. The first-order valence-electron chi connectivity index (χ1n) is 7.02. The third-order valence-corrected chi connectivity index (χ3v) is 4.11. The third-order valence-electron chi connectivity index (χ3n) is 4.11. The van der Waals surface area contributed by atoms with Crippen molar-refractivity contribution in [3.05, 3.63) is 18.0 Å². The van der Waals surface area contributed by atoms with Crippen LogP contribution in [0.25, 0.3) is 0 Å². The second-order valence-electron chi connectivity index (χ2n) is 5.67. The standard InChI is InChI=1S/C14H21N3O3/c1-19-14(4-5-20-9-14)8-16-13(18)12-6-10(15)7-17(12)11-2-3-11/h6-7,11H,2-5,8-9,15H2,1H3,(H,16,18). The summed E-state index contributed by atoms with van der Waals surface area (Å²) >= 11 is 0. The molecule has 1 unspecified atom stereocenters. The number of ether oxygens (including phenoxy) is 2. The maximum Gasteiger partial charge on any atom is 0.268 e. The molecule has 6 nitrogen and oxygen atoms in total. The minimum atomic E-state index is -0.391. The first-order chi connectivity index (χ1) is 9.63. The van der Waals surface area contributed by atoms with Crippen molar-refractivity contribution < 1.29 is 14.3 Å². The average Bonchev–Trinajstić information content (AvgIpc) is 3.06.